The zero-order valence-electron chi connectivity index (χ0n) is 14.7. The summed E-state index contributed by atoms with van der Waals surface area (Å²) >= 11 is 0. The summed E-state index contributed by atoms with van der Waals surface area (Å²) in [6.07, 6.45) is 0.713. The number of carbonyl (C=O) groups excluding carboxylic acids is 1. The van der Waals surface area contributed by atoms with E-state index in [2.05, 4.69) is 5.32 Å². The van der Waals surface area contributed by atoms with Crippen molar-refractivity contribution in [1.29, 1.82) is 0 Å². The number of hydrogen-bond acceptors (Lipinski definition) is 4. The van der Waals surface area contributed by atoms with Crippen LogP contribution in [0.15, 0.2) is 12.1 Å². The summed E-state index contributed by atoms with van der Waals surface area (Å²) < 4.78 is 24.9. The van der Waals surface area contributed by atoms with Crippen molar-refractivity contribution < 1.29 is 23.8 Å². The number of carbonyl (C=O) groups is 1. The Balaban J connectivity index is 1.89. The van der Waals surface area contributed by atoms with Crippen LogP contribution in [0, 0.1) is 11.7 Å². The zero-order valence-corrected chi connectivity index (χ0v) is 14.7. The van der Waals surface area contributed by atoms with Crippen LogP contribution in [0.4, 0.5) is 9.18 Å². The maximum Gasteiger partial charge on any atom is 0.407 e. The lowest BCUT2D eigenvalue weighted by atomic mass is 10.1. The van der Waals surface area contributed by atoms with E-state index in [9.17, 15) is 14.3 Å². The van der Waals surface area contributed by atoms with Gasteiger partial charge in [-0.1, -0.05) is 0 Å². The second-order valence-corrected chi connectivity index (χ2v) is 7.36. The molecule has 6 heteroatoms. The highest BCUT2D eigenvalue weighted by Gasteiger charge is 2.25. The predicted molar refractivity (Wildman–Crippen MR) is 88.7 cm³/mol. The number of rotatable bonds is 5. The fourth-order valence-electron chi connectivity index (χ4n) is 2.73. The van der Waals surface area contributed by atoms with E-state index in [0.717, 1.165) is 5.56 Å². The van der Waals surface area contributed by atoms with Gasteiger partial charge in [0, 0.05) is 12.7 Å². The molecule has 1 aromatic carbocycles. The first kappa shape index (κ1) is 18.5. The van der Waals surface area contributed by atoms with Crippen LogP contribution >= 0.6 is 0 Å². The number of aliphatic hydroxyl groups is 1. The Morgan fingerprint density at radius 2 is 2.12 bits per heavy atom. The minimum absolute atomic E-state index is 0.0567. The lowest BCUT2D eigenvalue weighted by molar-refractivity contribution is 0.0494. The highest BCUT2D eigenvalue weighted by atomic mass is 19.1. The molecule has 134 valence electrons. The smallest absolute Gasteiger partial charge is 0.407 e. The van der Waals surface area contributed by atoms with Crippen molar-refractivity contribution in [3.63, 3.8) is 0 Å². The standard InChI is InChI=1S/C18H26FNO4/c1-11(20-17(22)24-18(2,3)4)10-23-14-7-13-5-12(9-21)6-15(13)16(19)8-14/h7-8,11-12,21H,5-6,9-10H2,1-4H3,(H,20,22). The third kappa shape index (κ3) is 5.09. The Kier molecular flexibility index (Phi) is 5.70. The number of amides is 1. The maximum atomic E-state index is 14.1. The van der Waals surface area contributed by atoms with Crippen LogP contribution in [0.2, 0.25) is 0 Å². The van der Waals surface area contributed by atoms with Gasteiger partial charge < -0.3 is 19.9 Å². The van der Waals surface area contributed by atoms with Crippen molar-refractivity contribution in [3.8, 4) is 5.75 Å². The topological polar surface area (TPSA) is 67.8 Å². The molecule has 2 N–H and O–H groups in total. The van der Waals surface area contributed by atoms with Crippen LogP contribution in [0.5, 0.6) is 5.75 Å². The van der Waals surface area contributed by atoms with Gasteiger partial charge in [0.2, 0.25) is 0 Å². The molecule has 0 fully saturated rings. The fourth-order valence-corrected chi connectivity index (χ4v) is 2.73. The van der Waals surface area contributed by atoms with Gasteiger partial charge in [0.1, 0.15) is 23.8 Å². The van der Waals surface area contributed by atoms with E-state index in [1.54, 1.807) is 27.7 Å². The average molecular weight is 339 g/mol. The molecule has 5 nitrogen and oxygen atoms in total. The van der Waals surface area contributed by atoms with Crippen molar-refractivity contribution in [1.82, 2.24) is 5.32 Å². The van der Waals surface area contributed by atoms with Gasteiger partial charge in [0.25, 0.3) is 0 Å². The first-order valence-corrected chi connectivity index (χ1v) is 8.22. The van der Waals surface area contributed by atoms with Crippen molar-refractivity contribution in [2.24, 2.45) is 5.92 Å². The van der Waals surface area contributed by atoms with Gasteiger partial charge in [-0.25, -0.2) is 9.18 Å². The Bertz CT molecular complexity index is 597. The first-order valence-electron chi connectivity index (χ1n) is 8.22. The minimum Gasteiger partial charge on any atom is -0.491 e. The minimum atomic E-state index is -0.559. The number of alkyl carbamates (subject to hydrolysis) is 1. The molecule has 1 amide bonds. The normalized spacial score (nSPS) is 18.0. The van der Waals surface area contributed by atoms with Gasteiger partial charge in [0.05, 0.1) is 6.04 Å². The van der Waals surface area contributed by atoms with Gasteiger partial charge in [-0.3, -0.25) is 0 Å². The molecule has 0 bridgehead atoms. The van der Waals surface area contributed by atoms with E-state index in [1.165, 1.54) is 6.07 Å². The van der Waals surface area contributed by atoms with Gasteiger partial charge in [-0.15, -0.1) is 0 Å². The predicted octanol–water partition coefficient (Wildman–Crippen LogP) is 2.82. The first-order chi connectivity index (χ1) is 11.2. The molecule has 0 spiro atoms. The molecule has 0 saturated carbocycles. The van der Waals surface area contributed by atoms with E-state index in [4.69, 9.17) is 9.47 Å². The molecule has 0 aliphatic heterocycles. The summed E-state index contributed by atoms with van der Waals surface area (Å²) in [5.74, 6) is 0.214. The number of benzene rings is 1. The van der Waals surface area contributed by atoms with E-state index in [-0.39, 0.29) is 31.0 Å². The zero-order chi connectivity index (χ0) is 17.9. The Labute approximate surface area is 142 Å². The maximum absolute atomic E-state index is 14.1. The molecule has 24 heavy (non-hydrogen) atoms. The largest absolute Gasteiger partial charge is 0.491 e. The Morgan fingerprint density at radius 3 is 2.75 bits per heavy atom. The second kappa shape index (κ2) is 7.38. The number of ether oxygens (including phenoxy) is 2. The molecular weight excluding hydrogens is 313 g/mol. The number of fused-ring (bicyclic) bond motifs is 1. The van der Waals surface area contributed by atoms with E-state index in [1.807, 2.05) is 6.07 Å². The Morgan fingerprint density at radius 1 is 1.42 bits per heavy atom. The number of halogens is 1. The molecule has 1 aliphatic carbocycles. The lowest BCUT2D eigenvalue weighted by Crippen LogP contribution is -2.40. The average Bonchev–Trinajstić information content (AvgIpc) is 2.86. The summed E-state index contributed by atoms with van der Waals surface area (Å²) in [4.78, 5) is 11.7. The molecule has 0 saturated heterocycles. The molecule has 0 aromatic heterocycles. The summed E-state index contributed by atoms with van der Waals surface area (Å²) in [7, 11) is 0. The van der Waals surface area contributed by atoms with Gasteiger partial charge >= 0.3 is 6.09 Å². The van der Waals surface area contributed by atoms with E-state index >= 15 is 0 Å². The highest BCUT2D eigenvalue weighted by Crippen LogP contribution is 2.32. The molecule has 0 heterocycles. The van der Waals surface area contributed by atoms with Crippen LogP contribution in [0.1, 0.15) is 38.8 Å². The quantitative estimate of drug-likeness (QED) is 0.866. The molecular formula is C18H26FNO4. The molecule has 2 atom stereocenters. The fraction of sp³-hybridized carbons (Fsp3) is 0.611. The van der Waals surface area contributed by atoms with Gasteiger partial charge in [-0.2, -0.15) is 0 Å². The highest BCUT2D eigenvalue weighted by molar-refractivity contribution is 5.68. The van der Waals surface area contributed by atoms with Crippen LogP contribution in [0.25, 0.3) is 0 Å². The molecule has 1 aromatic rings. The molecule has 1 aliphatic rings. The van der Waals surface area contributed by atoms with Crippen LogP contribution in [-0.4, -0.2) is 36.1 Å². The van der Waals surface area contributed by atoms with E-state index in [0.29, 0.717) is 24.2 Å². The van der Waals surface area contributed by atoms with Crippen LogP contribution in [0.3, 0.4) is 0 Å². The summed E-state index contributed by atoms with van der Waals surface area (Å²) in [5, 5.41) is 11.9. The molecule has 0 radical (unpaired) electrons. The number of aliphatic hydroxyl groups excluding tert-OH is 1. The van der Waals surface area contributed by atoms with Crippen LogP contribution < -0.4 is 10.1 Å². The van der Waals surface area contributed by atoms with Crippen LogP contribution in [-0.2, 0) is 17.6 Å². The summed E-state index contributed by atoms with van der Waals surface area (Å²) in [6.45, 7) is 7.43. The van der Waals surface area contributed by atoms with Gasteiger partial charge in [-0.05, 0) is 63.6 Å². The van der Waals surface area contributed by atoms with Gasteiger partial charge in [0.15, 0.2) is 0 Å². The summed E-state index contributed by atoms with van der Waals surface area (Å²) in [6, 6.07) is 2.90. The summed E-state index contributed by atoms with van der Waals surface area (Å²) in [5.41, 5.74) is 0.995. The SMILES string of the molecule is CC(COc1cc(F)c2c(c1)CC(CO)C2)NC(=O)OC(C)(C)C. The van der Waals surface area contributed by atoms with Crippen molar-refractivity contribution in [3.05, 3.63) is 29.1 Å². The second-order valence-electron chi connectivity index (χ2n) is 7.36. The van der Waals surface area contributed by atoms with E-state index < -0.39 is 11.7 Å². The lowest BCUT2D eigenvalue weighted by Gasteiger charge is -2.22. The monoisotopic (exact) mass is 339 g/mol. The number of nitrogens with one attached hydrogen (secondary N) is 1. The number of hydrogen-bond donors (Lipinski definition) is 2. The molecule has 2 rings (SSSR count). The van der Waals surface area contributed by atoms with Crippen molar-refractivity contribution in [2.75, 3.05) is 13.2 Å². The third-order valence-corrected chi connectivity index (χ3v) is 3.78. The van der Waals surface area contributed by atoms with Crippen molar-refractivity contribution in [2.45, 2.75) is 52.2 Å². The third-order valence-electron chi connectivity index (χ3n) is 3.78. The Hall–Kier alpha value is -1.82. The van der Waals surface area contributed by atoms with Crippen molar-refractivity contribution >= 4 is 6.09 Å². The molecule has 2 unspecified atom stereocenters.